The normalized spacial score (nSPS) is 16.9. The first kappa shape index (κ1) is 19.5. The van der Waals surface area contributed by atoms with E-state index >= 15 is 0 Å². The van der Waals surface area contributed by atoms with Gasteiger partial charge in [0.2, 0.25) is 5.82 Å². The van der Waals surface area contributed by atoms with Crippen LogP contribution < -0.4 is 5.32 Å². The summed E-state index contributed by atoms with van der Waals surface area (Å²) in [7, 11) is 0. The molecule has 1 N–H and O–H groups in total. The Bertz CT molecular complexity index is 1080. The average molecular weight is 429 g/mol. The second kappa shape index (κ2) is 7.93. The van der Waals surface area contributed by atoms with E-state index in [0.717, 1.165) is 22.4 Å². The van der Waals surface area contributed by atoms with Crippen LogP contribution in [0.2, 0.25) is 5.02 Å². The zero-order chi connectivity index (χ0) is 20.5. The molecule has 4 rings (SSSR count). The van der Waals surface area contributed by atoms with Crippen LogP contribution in [0.5, 0.6) is 0 Å². The fraction of sp³-hybridized carbons (Fsp3) is 0.190. The van der Waals surface area contributed by atoms with E-state index in [1.165, 1.54) is 12.1 Å². The Morgan fingerprint density at radius 2 is 1.86 bits per heavy atom. The Hall–Kier alpha value is -2.77. The van der Waals surface area contributed by atoms with Gasteiger partial charge >= 0.3 is 0 Å². The molecule has 0 spiro atoms. The molecule has 2 heterocycles. The van der Waals surface area contributed by atoms with E-state index in [0.29, 0.717) is 28.4 Å². The molecule has 0 amide bonds. The molecule has 1 aromatic heterocycles. The minimum absolute atomic E-state index is 0.299. The second-order valence-corrected chi connectivity index (χ2v) is 7.43. The molecular formula is C21H18ClFN4OS. The number of thiocarbonyl (C=S) groups is 1. The smallest absolute Gasteiger partial charge is 0.258 e. The van der Waals surface area contributed by atoms with Crippen LogP contribution in [0.3, 0.4) is 0 Å². The minimum atomic E-state index is -0.329. The van der Waals surface area contributed by atoms with E-state index in [2.05, 4.69) is 15.5 Å². The van der Waals surface area contributed by atoms with E-state index in [1.807, 2.05) is 30.9 Å². The summed E-state index contributed by atoms with van der Waals surface area (Å²) in [6.45, 7) is 4.67. The third kappa shape index (κ3) is 3.75. The molecule has 0 bridgehead atoms. The minimum Gasteiger partial charge on any atom is -0.351 e. The van der Waals surface area contributed by atoms with Crippen molar-refractivity contribution < 1.29 is 8.91 Å². The summed E-state index contributed by atoms with van der Waals surface area (Å²) >= 11 is 11.5. The highest BCUT2D eigenvalue weighted by Gasteiger charge is 2.33. The Morgan fingerprint density at radius 3 is 2.52 bits per heavy atom. The van der Waals surface area contributed by atoms with Crippen LogP contribution in [-0.2, 0) is 0 Å². The molecule has 29 heavy (non-hydrogen) atoms. The summed E-state index contributed by atoms with van der Waals surface area (Å²) in [4.78, 5) is 6.58. The van der Waals surface area contributed by atoms with Crippen molar-refractivity contribution in [1.82, 2.24) is 20.4 Å². The summed E-state index contributed by atoms with van der Waals surface area (Å²) in [6, 6.07) is 13.2. The Balaban J connectivity index is 1.80. The summed E-state index contributed by atoms with van der Waals surface area (Å²) in [5, 5.41) is 8.69. The van der Waals surface area contributed by atoms with Crippen LogP contribution in [0, 0.1) is 5.82 Å². The molecule has 3 aromatic rings. The van der Waals surface area contributed by atoms with E-state index in [4.69, 9.17) is 28.3 Å². The maximum absolute atomic E-state index is 13.4. The topological polar surface area (TPSA) is 54.2 Å². The van der Waals surface area contributed by atoms with Crippen LogP contribution in [-0.4, -0.2) is 26.7 Å². The molecular weight excluding hydrogens is 411 g/mol. The van der Waals surface area contributed by atoms with Gasteiger partial charge in [-0.1, -0.05) is 28.9 Å². The van der Waals surface area contributed by atoms with Gasteiger partial charge in [-0.3, -0.25) is 0 Å². The van der Waals surface area contributed by atoms with Gasteiger partial charge in [-0.05, 0) is 68.0 Å². The lowest BCUT2D eigenvalue weighted by Gasteiger charge is -2.36. The Kier molecular flexibility index (Phi) is 5.34. The Morgan fingerprint density at radius 1 is 1.17 bits per heavy atom. The SMILES string of the molecule is CCN1C(=S)NC(c2ccc(F)cc2)C(c2nc(-c3ccc(Cl)cc3)no2)=C1C. The molecule has 0 radical (unpaired) electrons. The molecule has 1 unspecified atom stereocenters. The molecule has 0 saturated carbocycles. The number of nitrogens with one attached hydrogen (secondary N) is 1. The number of allylic oxidation sites excluding steroid dienone is 1. The summed E-state index contributed by atoms with van der Waals surface area (Å²) in [5.41, 5.74) is 3.37. The number of benzene rings is 2. The van der Waals surface area contributed by atoms with Crippen molar-refractivity contribution in [2.75, 3.05) is 6.54 Å². The molecule has 0 fully saturated rings. The monoisotopic (exact) mass is 428 g/mol. The predicted molar refractivity (Wildman–Crippen MR) is 115 cm³/mol. The molecule has 0 aliphatic carbocycles. The lowest BCUT2D eigenvalue weighted by molar-refractivity contribution is 0.398. The highest BCUT2D eigenvalue weighted by atomic mass is 35.5. The summed E-state index contributed by atoms with van der Waals surface area (Å²) in [5.74, 6) is 0.550. The number of aromatic nitrogens is 2. The third-order valence-corrected chi connectivity index (χ3v) is 5.46. The first-order valence-corrected chi connectivity index (χ1v) is 9.91. The van der Waals surface area contributed by atoms with Crippen molar-refractivity contribution in [3.63, 3.8) is 0 Å². The largest absolute Gasteiger partial charge is 0.351 e. The summed E-state index contributed by atoms with van der Waals surface area (Å²) in [6.07, 6.45) is 0. The molecule has 0 saturated heterocycles. The standard InChI is InChI=1S/C21H18ClFN4OS/c1-3-27-12(2)17(18(24-21(27)29)13-6-10-16(23)11-7-13)20-25-19(26-28-20)14-4-8-15(22)9-5-14/h4-11,18H,3H2,1-2H3,(H,24,29). The number of hydrogen-bond donors (Lipinski definition) is 1. The molecule has 148 valence electrons. The van der Waals surface area contributed by atoms with Crippen LogP contribution in [0.4, 0.5) is 4.39 Å². The van der Waals surface area contributed by atoms with Crippen LogP contribution >= 0.6 is 23.8 Å². The maximum Gasteiger partial charge on any atom is 0.258 e. The first-order valence-electron chi connectivity index (χ1n) is 9.12. The van der Waals surface area contributed by atoms with E-state index in [-0.39, 0.29) is 11.9 Å². The lowest BCUT2D eigenvalue weighted by atomic mass is 9.95. The zero-order valence-electron chi connectivity index (χ0n) is 15.8. The third-order valence-electron chi connectivity index (χ3n) is 4.87. The van der Waals surface area contributed by atoms with Crippen molar-refractivity contribution in [1.29, 1.82) is 0 Å². The fourth-order valence-electron chi connectivity index (χ4n) is 3.39. The van der Waals surface area contributed by atoms with Gasteiger partial charge in [0.05, 0.1) is 11.6 Å². The number of rotatable bonds is 4. The highest BCUT2D eigenvalue weighted by molar-refractivity contribution is 7.80. The number of halogens is 2. The number of hydrogen-bond acceptors (Lipinski definition) is 4. The van der Waals surface area contributed by atoms with Crippen LogP contribution in [0.25, 0.3) is 17.0 Å². The van der Waals surface area contributed by atoms with Crippen molar-refractivity contribution in [2.24, 2.45) is 0 Å². The van der Waals surface area contributed by atoms with Crippen molar-refractivity contribution in [2.45, 2.75) is 19.9 Å². The first-order chi connectivity index (χ1) is 14.0. The van der Waals surface area contributed by atoms with Crippen molar-refractivity contribution in [3.8, 4) is 11.4 Å². The van der Waals surface area contributed by atoms with Crippen LogP contribution in [0.15, 0.2) is 58.8 Å². The average Bonchev–Trinajstić information content (AvgIpc) is 3.18. The van der Waals surface area contributed by atoms with Gasteiger partial charge in [-0.25, -0.2) is 4.39 Å². The van der Waals surface area contributed by atoms with E-state index in [9.17, 15) is 4.39 Å². The number of nitrogens with zero attached hydrogens (tertiary/aromatic N) is 3. The van der Waals surface area contributed by atoms with Gasteiger partial charge in [0.1, 0.15) is 5.82 Å². The predicted octanol–water partition coefficient (Wildman–Crippen LogP) is 5.21. The molecule has 1 aliphatic heterocycles. The van der Waals surface area contributed by atoms with Gasteiger partial charge in [0.15, 0.2) is 5.11 Å². The second-order valence-electron chi connectivity index (χ2n) is 6.61. The maximum atomic E-state index is 13.4. The molecule has 8 heteroatoms. The molecule has 1 aliphatic rings. The van der Waals surface area contributed by atoms with Crippen LogP contribution in [0.1, 0.15) is 31.3 Å². The van der Waals surface area contributed by atoms with E-state index < -0.39 is 0 Å². The highest BCUT2D eigenvalue weighted by Crippen LogP contribution is 2.37. The summed E-state index contributed by atoms with van der Waals surface area (Å²) < 4.78 is 19.1. The van der Waals surface area contributed by atoms with Crippen molar-refractivity contribution in [3.05, 3.63) is 76.5 Å². The van der Waals surface area contributed by atoms with Crippen molar-refractivity contribution >= 4 is 34.5 Å². The van der Waals surface area contributed by atoms with E-state index in [1.54, 1.807) is 24.3 Å². The van der Waals surface area contributed by atoms with Gasteiger partial charge in [0, 0.05) is 22.8 Å². The fourth-order valence-corrected chi connectivity index (χ4v) is 3.90. The Labute approximate surface area is 178 Å². The quantitative estimate of drug-likeness (QED) is 0.575. The molecule has 2 aromatic carbocycles. The van der Waals surface area contributed by atoms with Gasteiger partial charge in [0.25, 0.3) is 5.89 Å². The zero-order valence-corrected chi connectivity index (χ0v) is 17.4. The molecule has 1 atom stereocenters. The molecule has 5 nitrogen and oxygen atoms in total. The van der Waals surface area contributed by atoms with Gasteiger partial charge in [-0.15, -0.1) is 0 Å². The van der Waals surface area contributed by atoms with Gasteiger partial charge < -0.3 is 14.7 Å². The van der Waals surface area contributed by atoms with Gasteiger partial charge in [-0.2, -0.15) is 4.98 Å². The lowest BCUT2D eigenvalue weighted by Crippen LogP contribution is -2.45.